The van der Waals surface area contributed by atoms with Crippen LogP contribution in [0.4, 0.5) is 0 Å². The number of hydrogen-bond donors (Lipinski definition) is 1. The van der Waals surface area contributed by atoms with E-state index in [9.17, 15) is 14.4 Å². The van der Waals surface area contributed by atoms with Crippen molar-refractivity contribution < 1.29 is 14.4 Å². The lowest BCUT2D eigenvalue weighted by Crippen LogP contribution is -2.25. The van der Waals surface area contributed by atoms with Crippen LogP contribution in [0.3, 0.4) is 0 Å². The molecule has 0 saturated carbocycles. The van der Waals surface area contributed by atoms with Gasteiger partial charge in [0, 0.05) is 6.42 Å². The van der Waals surface area contributed by atoms with Crippen molar-refractivity contribution >= 4 is 17.3 Å². The molecule has 0 aliphatic heterocycles. The third kappa shape index (κ3) is 9.82. The van der Waals surface area contributed by atoms with Gasteiger partial charge in [-0.25, -0.2) is 0 Å². The van der Waals surface area contributed by atoms with Gasteiger partial charge in [-0.15, -0.1) is 0 Å². The Labute approximate surface area is 170 Å². The van der Waals surface area contributed by atoms with Gasteiger partial charge in [0.1, 0.15) is 0 Å². The number of ketones is 3. The van der Waals surface area contributed by atoms with Crippen LogP contribution in [0.5, 0.6) is 0 Å². The maximum atomic E-state index is 12.1. The van der Waals surface area contributed by atoms with Crippen molar-refractivity contribution in [3.05, 3.63) is 35.6 Å². The summed E-state index contributed by atoms with van der Waals surface area (Å²) in [7, 11) is 0. The van der Waals surface area contributed by atoms with Crippen LogP contribution in [-0.4, -0.2) is 17.3 Å². The average Bonchev–Trinajstić information content (AvgIpc) is 2.68. The van der Waals surface area contributed by atoms with Gasteiger partial charge in [-0.3, -0.25) is 14.4 Å². The van der Waals surface area contributed by atoms with Crippen molar-refractivity contribution in [3.8, 4) is 0 Å². The first-order chi connectivity index (χ1) is 13.6. The lowest BCUT2D eigenvalue weighted by molar-refractivity contribution is -0.121. The number of carbonyl (C=O) groups excluding carboxylic acids is 3. The van der Waals surface area contributed by atoms with Gasteiger partial charge in [-0.05, 0) is 44.3 Å². The molecule has 0 atom stereocenters. The van der Waals surface area contributed by atoms with E-state index in [2.05, 4.69) is 19.1 Å². The minimum atomic E-state index is -0.451. The van der Waals surface area contributed by atoms with Crippen LogP contribution in [-0.2, 0) is 14.4 Å². The Morgan fingerprint density at radius 3 is 1.89 bits per heavy atom. The number of carbonyl (C=O) groups is 3. The molecule has 28 heavy (non-hydrogen) atoms. The summed E-state index contributed by atoms with van der Waals surface area (Å²) in [6.07, 6.45) is 22.6. The normalized spacial score (nSPS) is 14.5. The Morgan fingerprint density at radius 1 is 0.786 bits per heavy atom. The number of nitrogens with two attached hydrogens (primary N) is 1. The minimum Gasteiger partial charge on any atom is -0.395 e. The summed E-state index contributed by atoms with van der Waals surface area (Å²) < 4.78 is 0. The molecule has 4 heteroatoms. The minimum absolute atomic E-state index is 0.122. The van der Waals surface area contributed by atoms with Crippen molar-refractivity contribution in [2.75, 3.05) is 0 Å². The zero-order valence-electron chi connectivity index (χ0n) is 17.5. The quantitative estimate of drug-likeness (QED) is 0.164. The van der Waals surface area contributed by atoms with Crippen LogP contribution in [0.2, 0.25) is 0 Å². The Hall–Kier alpha value is -1.97. The Balaban J connectivity index is 2.00. The number of unbranched alkanes of at least 4 members (excludes halogenated alkanes) is 11. The van der Waals surface area contributed by atoms with E-state index < -0.39 is 11.6 Å². The van der Waals surface area contributed by atoms with Gasteiger partial charge in [-0.2, -0.15) is 0 Å². The maximum absolute atomic E-state index is 12.1. The standard InChI is InChI=1S/C24H37NO3/c1-2-3-4-5-6-7-8-9-10-11-12-13-14-15-16-17-20(26)23-21(27)18-19-22(28)24(23)25/h9-10,18-19H,2-8,11-17,25H2,1H3/b10-9-. The van der Waals surface area contributed by atoms with Gasteiger partial charge in [0.2, 0.25) is 5.78 Å². The Kier molecular flexibility index (Phi) is 12.9. The molecule has 0 unspecified atom stereocenters. The first-order valence-electron chi connectivity index (χ1n) is 11.0. The summed E-state index contributed by atoms with van der Waals surface area (Å²) in [6.45, 7) is 2.25. The zero-order valence-corrected chi connectivity index (χ0v) is 17.5. The summed E-state index contributed by atoms with van der Waals surface area (Å²) in [6, 6.07) is 0. The molecule has 0 aromatic rings. The Morgan fingerprint density at radius 2 is 1.29 bits per heavy atom. The van der Waals surface area contributed by atoms with Crippen molar-refractivity contribution in [1.82, 2.24) is 0 Å². The fourth-order valence-corrected chi connectivity index (χ4v) is 3.35. The fraction of sp³-hybridized carbons (Fsp3) is 0.625. The lowest BCUT2D eigenvalue weighted by atomic mass is 9.94. The largest absolute Gasteiger partial charge is 0.395 e. The molecule has 4 nitrogen and oxygen atoms in total. The fourth-order valence-electron chi connectivity index (χ4n) is 3.35. The van der Waals surface area contributed by atoms with Crippen LogP contribution in [0.25, 0.3) is 0 Å². The second kappa shape index (κ2) is 15.0. The van der Waals surface area contributed by atoms with E-state index in [4.69, 9.17) is 5.73 Å². The molecule has 0 aromatic heterocycles. The molecular weight excluding hydrogens is 350 g/mol. The van der Waals surface area contributed by atoms with Crippen LogP contribution in [0.1, 0.15) is 96.8 Å². The van der Waals surface area contributed by atoms with Gasteiger partial charge in [0.25, 0.3) is 0 Å². The highest BCUT2D eigenvalue weighted by Gasteiger charge is 2.25. The van der Waals surface area contributed by atoms with Gasteiger partial charge in [-0.1, -0.05) is 70.4 Å². The average molecular weight is 388 g/mol. The first-order valence-corrected chi connectivity index (χ1v) is 11.0. The van der Waals surface area contributed by atoms with Crippen LogP contribution in [0, 0.1) is 0 Å². The summed E-state index contributed by atoms with van der Waals surface area (Å²) in [5.74, 6) is -1.21. The number of hydrogen-bond acceptors (Lipinski definition) is 4. The molecular formula is C24H37NO3. The highest BCUT2D eigenvalue weighted by molar-refractivity contribution is 6.32. The highest BCUT2D eigenvalue weighted by Crippen LogP contribution is 2.16. The van der Waals surface area contributed by atoms with Crippen molar-refractivity contribution in [3.63, 3.8) is 0 Å². The van der Waals surface area contributed by atoms with Gasteiger partial charge < -0.3 is 5.73 Å². The second-order valence-electron chi connectivity index (χ2n) is 7.61. The van der Waals surface area contributed by atoms with Crippen LogP contribution in [0.15, 0.2) is 35.6 Å². The third-order valence-electron chi connectivity index (χ3n) is 5.11. The van der Waals surface area contributed by atoms with Crippen LogP contribution < -0.4 is 5.73 Å². The van der Waals surface area contributed by atoms with E-state index in [1.165, 1.54) is 51.4 Å². The molecule has 0 radical (unpaired) electrons. The summed E-state index contributed by atoms with van der Waals surface area (Å²) in [5, 5.41) is 0. The molecule has 156 valence electrons. The Bertz CT molecular complexity index is 599. The van der Waals surface area contributed by atoms with Crippen molar-refractivity contribution in [2.24, 2.45) is 5.73 Å². The SMILES string of the molecule is CCCCCCCC/C=C\CCCCCCCC(=O)C1=C(N)C(=O)C=CC1=O. The summed E-state index contributed by atoms with van der Waals surface area (Å²) in [5.41, 5.74) is 5.27. The number of Topliss-reactive ketones (excluding diaryl/α,β-unsaturated/α-hetero) is 1. The molecule has 0 amide bonds. The zero-order chi connectivity index (χ0) is 20.6. The van der Waals surface area contributed by atoms with E-state index in [-0.39, 0.29) is 23.5 Å². The first kappa shape index (κ1) is 24.1. The summed E-state index contributed by atoms with van der Waals surface area (Å²) in [4.78, 5) is 35.4. The monoisotopic (exact) mass is 387 g/mol. The molecule has 1 rings (SSSR count). The molecule has 1 aliphatic rings. The molecule has 2 N–H and O–H groups in total. The van der Waals surface area contributed by atoms with Crippen molar-refractivity contribution in [2.45, 2.75) is 96.8 Å². The van der Waals surface area contributed by atoms with Gasteiger partial charge >= 0.3 is 0 Å². The lowest BCUT2D eigenvalue weighted by Gasteiger charge is -2.10. The van der Waals surface area contributed by atoms with Crippen molar-refractivity contribution in [1.29, 1.82) is 0 Å². The molecule has 0 spiro atoms. The van der Waals surface area contributed by atoms with E-state index >= 15 is 0 Å². The molecule has 0 heterocycles. The smallest absolute Gasteiger partial charge is 0.202 e. The predicted molar refractivity (Wildman–Crippen MR) is 115 cm³/mol. The molecule has 0 bridgehead atoms. The second-order valence-corrected chi connectivity index (χ2v) is 7.61. The number of allylic oxidation sites excluding steroid dienone is 5. The predicted octanol–water partition coefficient (Wildman–Crippen LogP) is 5.51. The molecule has 0 fully saturated rings. The number of rotatable bonds is 16. The topological polar surface area (TPSA) is 77.2 Å². The van der Waals surface area contributed by atoms with Crippen LogP contribution >= 0.6 is 0 Å². The molecule has 1 aliphatic carbocycles. The van der Waals surface area contributed by atoms with E-state index in [1.807, 2.05) is 0 Å². The molecule has 0 aromatic carbocycles. The highest BCUT2D eigenvalue weighted by atomic mass is 16.2. The van der Waals surface area contributed by atoms with Gasteiger partial charge in [0.15, 0.2) is 11.6 Å². The third-order valence-corrected chi connectivity index (χ3v) is 5.11. The van der Waals surface area contributed by atoms with E-state index in [1.54, 1.807) is 0 Å². The maximum Gasteiger partial charge on any atom is 0.202 e. The van der Waals surface area contributed by atoms with E-state index in [0.717, 1.165) is 44.3 Å². The summed E-state index contributed by atoms with van der Waals surface area (Å²) >= 11 is 0. The van der Waals surface area contributed by atoms with E-state index in [0.29, 0.717) is 0 Å². The van der Waals surface area contributed by atoms with Gasteiger partial charge in [0.05, 0.1) is 11.3 Å². The molecule has 0 saturated heterocycles.